The van der Waals surface area contributed by atoms with E-state index in [9.17, 15) is 0 Å². The highest BCUT2D eigenvalue weighted by Crippen LogP contribution is 2.44. The van der Waals surface area contributed by atoms with Crippen LogP contribution in [-0.2, 0) is 7.05 Å². The summed E-state index contributed by atoms with van der Waals surface area (Å²) >= 11 is 0. The lowest BCUT2D eigenvalue weighted by Crippen LogP contribution is -2.30. The molecule has 0 fully saturated rings. The van der Waals surface area contributed by atoms with E-state index in [1.165, 1.54) is 12.3 Å². The second kappa shape index (κ2) is 6.93. The molecular weight excluding hydrogens is 390 g/mol. The molecule has 0 amide bonds. The summed E-state index contributed by atoms with van der Waals surface area (Å²) in [4.78, 5) is 0. The quantitative estimate of drug-likeness (QED) is 0.261. The molecule has 0 spiro atoms. The van der Waals surface area contributed by atoms with Gasteiger partial charge in [-0.25, -0.2) is 4.57 Å². The molecule has 1 unspecified atom stereocenters. The van der Waals surface area contributed by atoms with Crippen molar-refractivity contribution in [3.63, 3.8) is 0 Å². The van der Waals surface area contributed by atoms with Gasteiger partial charge >= 0.3 is 0 Å². The lowest BCUT2D eigenvalue weighted by molar-refractivity contribution is -0.659. The summed E-state index contributed by atoms with van der Waals surface area (Å²) in [6.07, 6.45) is 1.99. The number of rotatable bonds is 2. The van der Waals surface area contributed by atoms with Crippen molar-refractivity contribution in [1.82, 2.24) is 0 Å². The van der Waals surface area contributed by atoms with Crippen molar-refractivity contribution < 1.29 is 14.5 Å². The zero-order valence-corrected chi connectivity index (χ0v) is 18.4. The van der Waals surface area contributed by atoms with E-state index in [0.29, 0.717) is 5.56 Å². The van der Waals surface area contributed by atoms with Crippen LogP contribution in [-0.4, -0.2) is 0 Å². The Morgan fingerprint density at radius 3 is 2.47 bits per heavy atom. The first kappa shape index (κ1) is 15.2. The molecule has 0 aliphatic carbocycles. The molecule has 0 bridgehead atoms. The van der Waals surface area contributed by atoms with E-state index in [1.54, 1.807) is 6.07 Å². The summed E-state index contributed by atoms with van der Waals surface area (Å²) in [5, 5.41) is 6.37. The molecule has 4 aromatic carbocycles. The molecule has 6 aromatic rings. The van der Waals surface area contributed by atoms with Gasteiger partial charge in [-0.2, -0.15) is 0 Å². The second-order valence-corrected chi connectivity index (χ2v) is 8.55. The van der Waals surface area contributed by atoms with Gasteiger partial charge in [-0.15, -0.1) is 0 Å². The van der Waals surface area contributed by atoms with Crippen molar-refractivity contribution in [2.24, 2.45) is 7.05 Å². The number of nitrogens with zero attached hydrogens (tertiary/aromatic N) is 1. The third-order valence-corrected chi connectivity index (χ3v) is 6.60. The maximum atomic E-state index is 8.57. The normalized spacial score (nSPS) is 16.1. The first-order valence-corrected chi connectivity index (χ1v) is 10.9. The van der Waals surface area contributed by atoms with Crippen molar-refractivity contribution in [2.75, 3.05) is 0 Å². The lowest BCUT2D eigenvalue weighted by atomic mass is 9.91. The molecule has 156 valence electrons. The molecule has 0 aliphatic heterocycles. The van der Waals surface area contributed by atoms with Gasteiger partial charge in [0.05, 0.1) is 10.9 Å². The summed E-state index contributed by atoms with van der Waals surface area (Å²) < 4.78 is 40.8. The van der Waals surface area contributed by atoms with Crippen LogP contribution >= 0.6 is 0 Å². The number of benzene rings is 4. The average molecular weight is 421 g/mol. The molecule has 0 saturated carbocycles. The summed E-state index contributed by atoms with van der Waals surface area (Å²) in [5.74, 6) is -1.70. The molecule has 0 N–H and O–H groups in total. The minimum absolute atomic E-state index is 0.471. The Hall–Kier alpha value is -3.65. The van der Waals surface area contributed by atoms with Gasteiger partial charge in [0.2, 0.25) is 5.69 Å². The maximum absolute atomic E-state index is 8.57. The fourth-order valence-electron chi connectivity index (χ4n) is 5.02. The molecule has 2 nitrogen and oxygen atoms in total. The van der Waals surface area contributed by atoms with E-state index in [4.69, 9.17) is 9.90 Å². The summed E-state index contributed by atoms with van der Waals surface area (Å²) in [6, 6.07) is 24.1. The summed E-state index contributed by atoms with van der Waals surface area (Å²) in [6.45, 7) is 1.15. The number of hydrogen-bond acceptors (Lipinski definition) is 1. The Morgan fingerprint density at radius 2 is 1.66 bits per heavy atom. The standard InChI is InChI=1S/C30H26NO/c1-18(2)20-13-14-23-21(17-20)15-16-31(4)29(23)27-19(3)22-9-5-6-10-24(22)28-25-11-7-8-12-26(25)32-30(27)28/h5-18H,1-4H3/q+1/i1D3,18D. The van der Waals surface area contributed by atoms with E-state index in [1.807, 2.05) is 49.6 Å². The molecule has 0 aliphatic rings. The molecule has 2 heterocycles. The average Bonchev–Trinajstić information content (AvgIpc) is 3.23. The van der Waals surface area contributed by atoms with Gasteiger partial charge in [0.25, 0.3) is 0 Å². The van der Waals surface area contributed by atoms with Crippen molar-refractivity contribution >= 4 is 43.5 Å². The number of aryl methyl sites for hydroxylation is 2. The van der Waals surface area contributed by atoms with Crippen molar-refractivity contribution in [1.29, 1.82) is 0 Å². The largest absolute Gasteiger partial charge is 0.455 e. The minimum atomic E-state index is -2.43. The summed E-state index contributed by atoms with van der Waals surface area (Å²) in [5.41, 5.74) is 5.29. The first-order chi connectivity index (χ1) is 17.1. The monoisotopic (exact) mass is 420 g/mol. The maximum Gasteiger partial charge on any atom is 0.224 e. The Bertz CT molecular complexity index is 1830. The van der Waals surface area contributed by atoms with Gasteiger partial charge in [0.1, 0.15) is 18.2 Å². The fraction of sp³-hybridized carbons (Fsp3) is 0.167. The van der Waals surface area contributed by atoms with Crippen LogP contribution in [0.25, 0.3) is 54.7 Å². The van der Waals surface area contributed by atoms with Crippen molar-refractivity contribution in [2.45, 2.75) is 26.6 Å². The van der Waals surface area contributed by atoms with Gasteiger partial charge < -0.3 is 4.42 Å². The van der Waals surface area contributed by atoms with E-state index in [0.717, 1.165) is 54.9 Å². The first-order valence-electron chi connectivity index (χ1n) is 12.9. The smallest absolute Gasteiger partial charge is 0.224 e. The minimum Gasteiger partial charge on any atom is -0.455 e. The zero-order chi connectivity index (χ0) is 25.4. The van der Waals surface area contributed by atoms with Crippen LogP contribution in [0.15, 0.2) is 83.4 Å². The van der Waals surface area contributed by atoms with Crippen LogP contribution < -0.4 is 4.57 Å². The molecule has 32 heavy (non-hydrogen) atoms. The molecule has 6 rings (SSSR count). The highest BCUT2D eigenvalue weighted by molar-refractivity contribution is 6.24. The predicted octanol–water partition coefficient (Wildman–Crippen LogP) is 7.82. The molecule has 1 atom stereocenters. The Balaban J connectivity index is 1.75. The molecular formula is C30H26NO+. The molecule has 2 aromatic heterocycles. The van der Waals surface area contributed by atoms with Crippen LogP contribution in [0.5, 0.6) is 0 Å². The second-order valence-electron chi connectivity index (χ2n) is 8.55. The lowest BCUT2D eigenvalue weighted by Gasteiger charge is -2.13. The van der Waals surface area contributed by atoms with Crippen LogP contribution in [0.2, 0.25) is 0 Å². The molecule has 0 radical (unpaired) electrons. The van der Waals surface area contributed by atoms with Crippen molar-refractivity contribution in [3.05, 3.63) is 90.1 Å². The summed E-state index contributed by atoms with van der Waals surface area (Å²) in [7, 11) is 2.02. The number of furan rings is 1. The van der Waals surface area contributed by atoms with E-state index >= 15 is 0 Å². The SMILES string of the molecule is [2H]C([2H])([2H])C([2H])(C)c1ccc2c(-c3c(C)c4ccccc4c4c3oc3ccccc34)[n+](C)ccc2c1. The zero-order valence-electron chi connectivity index (χ0n) is 22.4. The Morgan fingerprint density at radius 1 is 0.906 bits per heavy atom. The van der Waals surface area contributed by atoms with Crippen LogP contribution in [0.4, 0.5) is 0 Å². The number of hydrogen-bond donors (Lipinski definition) is 0. The number of pyridine rings is 1. The Labute approximate surface area is 193 Å². The van der Waals surface area contributed by atoms with Gasteiger partial charge in [0.15, 0.2) is 6.20 Å². The number of fused-ring (bicyclic) bond motifs is 6. The van der Waals surface area contributed by atoms with Gasteiger partial charge in [-0.05, 0) is 52.2 Å². The van der Waals surface area contributed by atoms with Crippen LogP contribution in [0, 0.1) is 6.92 Å². The fourth-order valence-corrected chi connectivity index (χ4v) is 5.02. The predicted molar refractivity (Wildman–Crippen MR) is 134 cm³/mol. The number of aromatic nitrogens is 1. The molecule has 0 saturated heterocycles. The van der Waals surface area contributed by atoms with Gasteiger partial charge in [0, 0.05) is 22.3 Å². The van der Waals surface area contributed by atoms with E-state index < -0.39 is 12.7 Å². The number of para-hydroxylation sites is 1. The van der Waals surface area contributed by atoms with Gasteiger partial charge in [-0.1, -0.05) is 68.4 Å². The van der Waals surface area contributed by atoms with Crippen LogP contribution in [0.3, 0.4) is 0 Å². The third-order valence-electron chi connectivity index (χ3n) is 6.60. The van der Waals surface area contributed by atoms with E-state index in [2.05, 4.69) is 41.8 Å². The molecule has 2 heteroatoms. The highest BCUT2D eigenvalue weighted by Gasteiger charge is 2.26. The Kier molecular flexibility index (Phi) is 3.29. The van der Waals surface area contributed by atoms with Gasteiger partial charge in [-0.3, -0.25) is 0 Å². The topological polar surface area (TPSA) is 17.0 Å². The highest BCUT2D eigenvalue weighted by atomic mass is 16.3. The van der Waals surface area contributed by atoms with E-state index in [-0.39, 0.29) is 0 Å². The third kappa shape index (κ3) is 2.62. The van der Waals surface area contributed by atoms with Crippen molar-refractivity contribution in [3.8, 4) is 11.3 Å². The van der Waals surface area contributed by atoms with Crippen LogP contribution in [0.1, 0.15) is 36.3 Å².